The summed E-state index contributed by atoms with van der Waals surface area (Å²) in [7, 11) is 0. The van der Waals surface area contributed by atoms with Crippen molar-refractivity contribution in [1.82, 2.24) is 0 Å². The zero-order chi connectivity index (χ0) is 23.3. The Hall–Kier alpha value is -2.60. The molecule has 0 nitrogen and oxygen atoms in total. The van der Waals surface area contributed by atoms with Gasteiger partial charge in [0.1, 0.15) is 0 Å². The van der Waals surface area contributed by atoms with Crippen LogP contribution in [0.25, 0.3) is 11.1 Å². The topological polar surface area (TPSA) is 0 Å². The molecule has 1 unspecified atom stereocenters. The van der Waals surface area contributed by atoms with Crippen LogP contribution in [0.3, 0.4) is 0 Å². The van der Waals surface area contributed by atoms with Crippen molar-refractivity contribution in [2.45, 2.75) is 83.0 Å². The highest BCUT2D eigenvalue weighted by Crippen LogP contribution is 2.39. The SMILES string of the molecule is C=CCCC1CCC(c2ccc(-c3ccc4c(c3)CCC(c3ccc(CC)cc3)C4)cc2)CC1. The van der Waals surface area contributed by atoms with E-state index in [1.165, 1.54) is 80.0 Å². The Balaban J connectivity index is 1.23. The summed E-state index contributed by atoms with van der Waals surface area (Å²) in [5.41, 5.74) is 10.3. The molecule has 3 aromatic rings. The molecule has 0 bridgehead atoms. The second kappa shape index (κ2) is 10.8. The van der Waals surface area contributed by atoms with Gasteiger partial charge in [-0.3, -0.25) is 0 Å². The van der Waals surface area contributed by atoms with E-state index in [0.717, 1.165) is 18.3 Å². The summed E-state index contributed by atoms with van der Waals surface area (Å²) >= 11 is 0. The molecule has 176 valence electrons. The van der Waals surface area contributed by atoms with Gasteiger partial charge in [-0.1, -0.05) is 79.7 Å². The smallest absolute Gasteiger partial charge is 0.0118 e. The molecule has 0 N–H and O–H groups in total. The zero-order valence-electron chi connectivity index (χ0n) is 20.9. The second-order valence-electron chi connectivity index (χ2n) is 10.7. The third-order valence-electron chi connectivity index (χ3n) is 8.64. The van der Waals surface area contributed by atoms with Gasteiger partial charge in [-0.05, 0) is 121 Å². The van der Waals surface area contributed by atoms with Crippen LogP contribution in [0.4, 0.5) is 0 Å². The quantitative estimate of drug-likeness (QED) is 0.316. The fourth-order valence-corrected chi connectivity index (χ4v) is 6.33. The van der Waals surface area contributed by atoms with E-state index in [4.69, 9.17) is 0 Å². The minimum absolute atomic E-state index is 0.662. The van der Waals surface area contributed by atoms with E-state index in [0.29, 0.717) is 5.92 Å². The summed E-state index contributed by atoms with van der Waals surface area (Å²) in [6.07, 6.45) is 14.8. The number of hydrogen-bond donors (Lipinski definition) is 0. The molecule has 0 heterocycles. The highest BCUT2D eigenvalue weighted by molar-refractivity contribution is 5.65. The van der Waals surface area contributed by atoms with Crippen LogP contribution in [0, 0.1) is 5.92 Å². The third-order valence-corrected chi connectivity index (χ3v) is 8.64. The highest BCUT2D eigenvalue weighted by Gasteiger charge is 2.23. The molecule has 0 amide bonds. The van der Waals surface area contributed by atoms with Crippen molar-refractivity contribution >= 4 is 0 Å². The first kappa shape index (κ1) is 23.2. The predicted molar refractivity (Wildman–Crippen MR) is 147 cm³/mol. The monoisotopic (exact) mass is 448 g/mol. The van der Waals surface area contributed by atoms with E-state index in [1.54, 1.807) is 16.7 Å². The Bertz CT molecular complexity index is 1080. The minimum atomic E-state index is 0.662. The molecular weight excluding hydrogens is 408 g/mol. The highest BCUT2D eigenvalue weighted by atomic mass is 14.3. The Morgan fingerprint density at radius 2 is 1.41 bits per heavy atom. The number of aryl methyl sites for hydroxylation is 2. The standard InChI is InChI=1S/C34H40/c1-3-5-6-26-9-13-27(14-10-26)28-15-17-30(18-16-28)32-20-22-33-23-31(19-21-34(33)24-32)29-11-7-25(4-2)8-12-29/h3,7-8,11-12,15-18,20,22,24,26-27,31H,1,4-6,9-10,13-14,19,21,23H2,2H3. The summed E-state index contributed by atoms with van der Waals surface area (Å²) in [4.78, 5) is 0. The summed E-state index contributed by atoms with van der Waals surface area (Å²) in [5.74, 6) is 2.33. The van der Waals surface area contributed by atoms with Gasteiger partial charge in [0.15, 0.2) is 0 Å². The van der Waals surface area contributed by atoms with Crippen LogP contribution in [0.5, 0.6) is 0 Å². The lowest BCUT2D eigenvalue weighted by Gasteiger charge is -2.28. The molecular formula is C34H40. The van der Waals surface area contributed by atoms with Crippen LogP contribution in [-0.2, 0) is 19.3 Å². The number of hydrogen-bond acceptors (Lipinski definition) is 0. The van der Waals surface area contributed by atoms with Crippen molar-refractivity contribution in [2.24, 2.45) is 5.92 Å². The van der Waals surface area contributed by atoms with E-state index >= 15 is 0 Å². The van der Waals surface area contributed by atoms with Gasteiger partial charge in [-0.2, -0.15) is 0 Å². The van der Waals surface area contributed by atoms with Crippen molar-refractivity contribution < 1.29 is 0 Å². The molecule has 2 aliphatic carbocycles. The molecule has 3 aromatic carbocycles. The van der Waals surface area contributed by atoms with Gasteiger partial charge in [0, 0.05) is 0 Å². The van der Waals surface area contributed by atoms with Crippen molar-refractivity contribution in [1.29, 1.82) is 0 Å². The van der Waals surface area contributed by atoms with Gasteiger partial charge in [-0.15, -0.1) is 6.58 Å². The van der Waals surface area contributed by atoms with Crippen LogP contribution in [0.2, 0.25) is 0 Å². The molecule has 0 spiro atoms. The molecule has 1 saturated carbocycles. The van der Waals surface area contributed by atoms with Gasteiger partial charge in [0.2, 0.25) is 0 Å². The predicted octanol–water partition coefficient (Wildman–Crippen LogP) is 9.43. The first-order chi connectivity index (χ1) is 16.7. The Morgan fingerprint density at radius 1 is 0.735 bits per heavy atom. The summed E-state index contributed by atoms with van der Waals surface area (Å²) in [6, 6.07) is 26.1. The van der Waals surface area contributed by atoms with Gasteiger partial charge in [0.05, 0.1) is 0 Å². The van der Waals surface area contributed by atoms with Crippen LogP contribution >= 0.6 is 0 Å². The van der Waals surface area contributed by atoms with Crippen LogP contribution < -0.4 is 0 Å². The lowest BCUT2D eigenvalue weighted by molar-refractivity contribution is 0.312. The van der Waals surface area contributed by atoms with Crippen molar-refractivity contribution in [3.63, 3.8) is 0 Å². The number of allylic oxidation sites excluding steroid dienone is 1. The van der Waals surface area contributed by atoms with Gasteiger partial charge >= 0.3 is 0 Å². The summed E-state index contributed by atoms with van der Waals surface area (Å²) in [6.45, 7) is 6.12. The maximum atomic E-state index is 3.89. The maximum Gasteiger partial charge on any atom is -0.0118 e. The van der Waals surface area contributed by atoms with Crippen molar-refractivity contribution in [3.05, 3.63) is 107 Å². The van der Waals surface area contributed by atoms with E-state index in [9.17, 15) is 0 Å². The molecule has 0 radical (unpaired) electrons. The molecule has 0 saturated heterocycles. The summed E-state index contributed by atoms with van der Waals surface area (Å²) < 4.78 is 0. The molecule has 34 heavy (non-hydrogen) atoms. The third kappa shape index (κ3) is 5.22. The van der Waals surface area contributed by atoms with Gasteiger partial charge in [-0.25, -0.2) is 0 Å². The summed E-state index contributed by atoms with van der Waals surface area (Å²) in [5, 5.41) is 0. The molecule has 1 fully saturated rings. The first-order valence-electron chi connectivity index (χ1n) is 13.7. The van der Waals surface area contributed by atoms with Crippen molar-refractivity contribution in [3.8, 4) is 11.1 Å². The molecule has 2 aliphatic rings. The largest absolute Gasteiger partial charge is 0.103 e. The van der Waals surface area contributed by atoms with Crippen LogP contribution in [0.1, 0.15) is 91.5 Å². The molecule has 0 aromatic heterocycles. The molecule has 1 atom stereocenters. The van der Waals surface area contributed by atoms with E-state index in [1.807, 2.05) is 0 Å². The van der Waals surface area contributed by atoms with E-state index < -0.39 is 0 Å². The van der Waals surface area contributed by atoms with E-state index in [-0.39, 0.29) is 0 Å². The van der Waals surface area contributed by atoms with Gasteiger partial charge < -0.3 is 0 Å². The Labute approximate surface area is 207 Å². The first-order valence-corrected chi connectivity index (χ1v) is 13.7. The van der Waals surface area contributed by atoms with Crippen LogP contribution in [0.15, 0.2) is 79.4 Å². The Kier molecular flexibility index (Phi) is 7.33. The molecule has 0 heteroatoms. The van der Waals surface area contributed by atoms with Crippen molar-refractivity contribution in [2.75, 3.05) is 0 Å². The minimum Gasteiger partial charge on any atom is -0.103 e. The fraction of sp³-hybridized carbons (Fsp3) is 0.412. The second-order valence-corrected chi connectivity index (χ2v) is 10.7. The average Bonchev–Trinajstić information content (AvgIpc) is 2.92. The normalized spacial score (nSPS) is 22.2. The number of benzene rings is 3. The van der Waals surface area contributed by atoms with Crippen LogP contribution in [-0.4, -0.2) is 0 Å². The maximum absolute atomic E-state index is 3.89. The lowest BCUT2D eigenvalue weighted by Crippen LogP contribution is -2.13. The van der Waals surface area contributed by atoms with Gasteiger partial charge in [0.25, 0.3) is 0 Å². The average molecular weight is 449 g/mol. The molecule has 5 rings (SSSR count). The molecule has 0 aliphatic heterocycles. The number of fused-ring (bicyclic) bond motifs is 1. The zero-order valence-corrected chi connectivity index (χ0v) is 20.9. The lowest BCUT2D eigenvalue weighted by atomic mass is 9.77. The Morgan fingerprint density at radius 3 is 2.12 bits per heavy atom. The number of rotatable bonds is 7. The fourth-order valence-electron chi connectivity index (χ4n) is 6.33. The van der Waals surface area contributed by atoms with E-state index in [2.05, 4.69) is 86.3 Å².